The molecule has 2 heterocycles. The molecule has 59 heavy (non-hydrogen) atoms. The quantitative estimate of drug-likeness (QED) is 0.0985. The van der Waals surface area contributed by atoms with Crippen molar-refractivity contribution in [2.45, 2.75) is 59.4 Å². The number of fused-ring (bicyclic) bond motifs is 1. The molecule has 5 N–H and O–H groups in total. The van der Waals surface area contributed by atoms with Gasteiger partial charge in [0.2, 0.25) is 11.3 Å². The number of hydrogen-bond acceptors (Lipinski definition) is 9. The largest absolute Gasteiger partial charge is 0.477 e. The molecule has 1 aliphatic heterocycles. The lowest BCUT2D eigenvalue weighted by Gasteiger charge is -2.35. The number of pyridine rings is 1. The van der Waals surface area contributed by atoms with E-state index in [0.29, 0.717) is 36.3 Å². The van der Waals surface area contributed by atoms with E-state index < -0.39 is 58.7 Å². The van der Waals surface area contributed by atoms with E-state index in [1.54, 1.807) is 66.6 Å². The highest BCUT2D eigenvalue weighted by molar-refractivity contribution is 5.94. The number of alkyl carbamates (subject to hydrolysis) is 1. The van der Waals surface area contributed by atoms with E-state index in [-0.39, 0.29) is 62.8 Å². The molecule has 1 saturated heterocycles. The van der Waals surface area contributed by atoms with Crippen LogP contribution in [0, 0.1) is 17.7 Å². The molecular weight excluding hydrogens is 767 g/mol. The number of nitrogens with zero attached hydrogens (tertiary/aromatic N) is 3. The van der Waals surface area contributed by atoms with Gasteiger partial charge in [0.05, 0.1) is 23.2 Å². The molecular formula is C43H50F2N6O8. The third-order valence-corrected chi connectivity index (χ3v) is 10.0. The van der Waals surface area contributed by atoms with Gasteiger partial charge in [-0.15, -0.1) is 0 Å². The van der Waals surface area contributed by atoms with Crippen LogP contribution in [0.15, 0.2) is 89.6 Å². The summed E-state index contributed by atoms with van der Waals surface area (Å²) in [5, 5.41) is 14.8. The molecule has 2 atom stereocenters. The molecule has 4 aromatic rings. The van der Waals surface area contributed by atoms with Crippen molar-refractivity contribution in [3.63, 3.8) is 0 Å². The Balaban J connectivity index is 1.13. The van der Waals surface area contributed by atoms with Gasteiger partial charge in [-0.25, -0.2) is 23.2 Å². The summed E-state index contributed by atoms with van der Waals surface area (Å²) >= 11 is 0. The van der Waals surface area contributed by atoms with Crippen molar-refractivity contribution in [2.24, 2.45) is 17.6 Å². The number of amides is 3. The van der Waals surface area contributed by atoms with Gasteiger partial charge in [-0.1, -0.05) is 56.3 Å². The summed E-state index contributed by atoms with van der Waals surface area (Å²) in [4.78, 5) is 66.4. The maximum absolute atomic E-state index is 15.7. The van der Waals surface area contributed by atoms with E-state index in [9.17, 15) is 29.1 Å². The van der Waals surface area contributed by atoms with Crippen molar-refractivity contribution >= 4 is 46.3 Å². The fraction of sp³-hybridized carbons (Fsp3) is 0.372. The number of aromatic carboxylic acids is 1. The number of rotatable bonds is 16. The van der Waals surface area contributed by atoms with Crippen LogP contribution in [0.3, 0.4) is 0 Å². The number of benzene rings is 3. The van der Waals surface area contributed by atoms with E-state index in [4.69, 9.17) is 15.2 Å². The molecule has 0 radical (unpaired) electrons. The zero-order chi connectivity index (χ0) is 42.6. The molecule has 0 bridgehead atoms. The van der Waals surface area contributed by atoms with Gasteiger partial charge in [-0.2, -0.15) is 0 Å². The smallest absolute Gasteiger partial charge is 0.410 e. The van der Waals surface area contributed by atoms with E-state index >= 15 is 8.78 Å². The van der Waals surface area contributed by atoms with Crippen LogP contribution in [0.2, 0.25) is 0 Å². The molecule has 3 amide bonds. The maximum Gasteiger partial charge on any atom is 0.410 e. The maximum atomic E-state index is 15.7. The Kier molecular flexibility index (Phi) is 15.2. The number of carboxylic acid groups (broad SMARTS) is 1. The standard InChI is InChI=1S/C43H50F2N6O8/c1-4-49-24-33(41(54)55)39(52)32-22-34(44)37(23-36(32)49)50-17-19-51(20-18-50)43(57)59-26-29-12-14-31(15-13-29)47-40(53)30(11-8-16-46)21-35(45)38(27(2)3)48-42(56)58-25-28-9-6-5-7-10-28/h5-7,9-10,12-15,21-24,27,30,38H,4,8,11,16-20,25-26,46H2,1-3H3,(H,47,53)(H,48,56)(H,54,55). The van der Waals surface area contributed by atoms with Crippen LogP contribution in [-0.4, -0.2) is 77.4 Å². The molecule has 0 spiro atoms. The number of halogens is 2. The minimum atomic E-state index is -1.38. The summed E-state index contributed by atoms with van der Waals surface area (Å²) in [6, 6.07) is 17.3. The minimum absolute atomic E-state index is 0.0217. The van der Waals surface area contributed by atoms with Crippen LogP contribution < -0.4 is 26.7 Å². The number of carboxylic acids is 1. The highest BCUT2D eigenvalue weighted by Gasteiger charge is 2.27. The monoisotopic (exact) mass is 816 g/mol. The lowest BCUT2D eigenvalue weighted by atomic mass is 9.96. The first-order chi connectivity index (χ1) is 28.3. The van der Waals surface area contributed by atoms with Gasteiger partial charge in [0.15, 0.2) is 0 Å². The SMILES string of the molecule is CCn1cc(C(=O)O)c(=O)c2cc(F)c(N3CCN(C(=O)OCc4ccc(NC(=O)C(C=C(F)C(NC(=O)OCc5ccccc5)C(C)C)CCCN)cc4)CC3)cc21. The summed E-state index contributed by atoms with van der Waals surface area (Å²) in [7, 11) is 0. The van der Waals surface area contributed by atoms with Crippen LogP contribution in [-0.2, 0) is 34.0 Å². The lowest BCUT2D eigenvalue weighted by molar-refractivity contribution is -0.118. The molecule has 1 aliphatic rings. The molecule has 5 rings (SSSR count). The highest BCUT2D eigenvalue weighted by atomic mass is 19.1. The van der Waals surface area contributed by atoms with Crippen molar-refractivity contribution in [3.8, 4) is 0 Å². The number of nitrogens with one attached hydrogen (secondary N) is 2. The Bertz CT molecular complexity index is 2210. The van der Waals surface area contributed by atoms with Crippen molar-refractivity contribution in [1.29, 1.82) is 0 Å². The zero-order valence-corrected chi connectivity index (χ0v) is 33.3. The van der Waals surface area contributed by atoms with Gasteiger partial charge >= 0.3 is 18.2 Å². The Labute approximate surface area is 340 Å². The predicted molar refractivity (Wildman–Crippen MR) is 219 cm³/mol. The van der Waals surface area contributed by atoms with E-state index in [1.807, 2.05) is 18.2 Å². The Morgan fingerprint density at radius 3 is 2.24 bits per heavy atom. The summed E-state index contributed by atoms with van der Waals surface area (Å²) in [5.74, 6) is -4.42. The fourth-order valence-corrected chi connectivity index (χ4v) is 6.71. The molecule has 2 unspecified atom stereocenters. The summed E-state index contributed by atoms with van der Waals surface area (Å²) < 4.78 is 43.4. The normalized spacial score (nSPS) is 14.2. The first kappa shape index (κ1) is 43.8. The van der Waals surface area contributed by atoms with Gasteiger partial charge in [0, 0.05) is 50.0 Å². The Morgan fingerprint density at radius 2 is 1.61 bits per heavy atom. The zero-order valence-electron chi connectivity index (χ0n) is 33.3. The van der Waals surface area contributed by atoms with E-state index in [0.717, 1.165) is 11.6 Å². The molecule has 0 aliphatic carbocycles. The molecule has 3 aromatic carbocycles. The van der Waals surface area contributed by atoms with Crippen LogP contribution in [0.5, 0.6) is 0 Å². The first-order valence-corrected chi connectivity index (χ1v) is 19.5. The predicted octanol–water partition coefficient (Wildman–Crippen LogP) is 6.42. The third-order valence-electron chi connectivity index (χ3n) is 10.0. The second-order valence-electron chi connectivity index (χ2n) is 14.5. The van der Waals surface area contributed by atoms with Crippen LogP contribution in [0.25, 0.3) is 10.9 Å². The van der Waals surface area contributed by atoms with Crippen LogP contribution in [0.4, 0.5) is 29.7 Å². The summed E-state index contributed by atoms with van der Waals surface area (Å²) in [5.41, 5.74) is 7.04. The number of carbonyl (C=O) groups excluding carboxylic acids is 3. The molecule has 1 aromatic heterocycles. The second-order valence-corrected chi connectivity index (χ2v) is 14.5. The first-order valence-electron chi connectivity index (χ1n) is 19.5. The molecule has 14 nitrogen and oxygen atoms in total. The molecule has 1 fully saturated rings. The average molecular weight is 817 g/mol. The molecule has 0 saturated carbocycles. The summed E-state index contributed by atoms with van der Waals surface area (Å²) in [6.45, 7) is 6.97. The number of anilines is 2. The highest BCUT2D eigenvalue weighted by Crippen LogP contribution is 2.27. The minimum Gasteiger partial charge on any atom is -0.477 e. The van der Waals surface area contributed by atoms with Crippen molar-refractivity contribution in [1.82, 2.24) is 14.8 Å². The van der Waals surface area contributed by atoms with Gasteiger partial charge in [0.1, 0.15) is 30.4 Å². The van der Waals surface area contributed by atoms with Crippen LogP contribution in [0.1, 0.15) is 55.1 Å². The van der Waals surface area contributed by atoms with Crippen molar-refractivity contribution in [3.05, 3.63) is 118 Å². The average Bonchev–Trinajstić information content (AvgIpc) is 3.23. The van der Waals surface area contributed by atoms with Gasteiger partial charge in [0.25, 0.3) is 0 Å². The number of hydrogen-bond donors (Lipinski definition) is 4. The number of ether oxygens (including phenoxy) is 2. The van der Waals surface area contributed by atoms with Gasteiger partial charge in [-0.05, 0) is 73.7 Å². The Morgan fingerprint density at radius 1 is 0.949 bits per heavy atom. The van der Waals surface area contributed by atoms with Crippen molar-refractivity contribution in [2.75, 3.05) is 42.9 Å². The molecule has 314 valence electrons. The second kappa shape index (κ2) is 20.4. The number of aryl methyl sites for hydroxylation is 1. The number of carbonyl (C=O) groups is 4. The van der Waals surface area contributed by atoms with E-state index in [2.05, 4.69) is 10.6 Å². The lowest BCUT2D eigenvalue weighted by Crippen LogP contribution is -2.49. The van der Waals surface area contributed by atoms with Crippen molar-refractivity contribution < 1.29 is 42.5 Å². The molecule has 16 heteroatoms. The summed E-state index contributed by atoms with van der Waals surface area (Å²) in [6.07, 6.45) is 1.86. The fourth-order valence-electron chi connectivity index (χ4n) is 6.71. The number of piperazine rings is 1. The van der Waals surface area contributed by atoms with Gasteiger partial charge in [-0.3, -0.25) is 9.59 Å². The van der Waals surface area contributed by atoms with Crippen LogP contribution >= 0.6 is 0 Å². The third kappa shape index (κ3) is 11.4. The van der Waals surface area contributed by atoms with Gasteiger partial charge < -0.3 is 45.3 Å². The topological polar surface area (TPSA) is 186 Å². The number of nitrogens with two attached hydrogens (primary N) is 1. The van der Waals surface area contributed by atoms with E-state index in [1.165, 1.54) is 23.2 Å². The number of aromatic nitrogens is 1. The Hall–Kier alpha value is -6.29.